The first-order chi connectivity index (χ1) is 28.7. The molecule has 0 aromatic heterocycles. The van der Waals surface area contributed by atoms with Crippen LogP contribution in [0.25, 0.3) is 10.8 Å². The smallest absolute Gasteiger partial charge is 0.312 e. The van der Waals surface area contributed by atoms with Crippen LogP contribution in [0.1, 0.15) is 96.5 Å². The van der Waals surface area contributed by atoms with Crippen LogP contribution >= 0.6 is 0 Å². The van der Waals surface area contributed by atoms with Gasteiger partial charge >= 0.3 is 11.8 Å². The summed E-state index contributed by atoms with van der Waals surface area (Å²) in [5.41, 5.74) is -0.0727. The Kier molecular flexibility index (Phi) is 11.9. The summed E-state index contributed by atoms with van der Waals surface area (Å²) in [5.74, 6) is -6.98. The third-order valence-corrected chi connectivity index (χ3v) is 14.1. The average molecular weight is 845 g/mol. The van der Waals surface area contributed by atoms with Crippen LogP contribution in [-0.2, 0) is 23.8 Å². The number of aliphatic hydroxyl groups excluding tert-OH is 2. The number of carbonyl (C=O) groups excluding carboxylic acids is 3. The Morgan fingerprint density at radius 2 is 1.66 bits per heavy atom. The second kappa shape index (κ2) is 16.5. The van der Waals surface area contributed by atoms with E-state index in [1.807, 2.05) is 0 Å². The van der Waals surface area contributed by atoms with Crippen molar-refractivity contribution in [2.75, 3.05) is 19.5 Å². The number of benzene rings is 2. The number of allylic oxidation sites excluding steroid dienone is 2. The molecule has 61 heavy (non-hydrogen) atoms. The molecule has 0 radical (unpaired) electrons. The number of phenolic OH excluding ortho intramolecular Hbond substituents is 2. The largest absolute Gasteiger partial charge is 0.507 e. The maximum absolute atomic E-state index is 14.8. The van der Waals surface area contributed by atoms with Gasteiger partial charge in [-0.3, -0.25) is 19.4 Å². The van der Waals surface area contributed by atoms with Crippen molar-refractivity contribution in [1.82, 2.24) is 4.90 Å². The number of phenols is 2. The van der Waals surface area contributed by atoms with Crippen molar-refractivity contribution in [2.24, 2.45) is 33.7 Å². The van der Waals surface area contributed by atoms with E-state index in [2.05, 4.69) is 22.3 Å². The molecule has 5 aliphatic rings. The lowest BCUT2D eigenvalue weighted by Crippen LogP contribution is -2.46. The van der Waals surface area contributed by atoms with Crippen molar-refractivity contribution in [3.63, 3.8) is 0 Å². The van der Waals surface area contributed by atoms with Crippen LogP contribution in [0.3, 0.4) is 0 Å². The molecule has 15 nitrogen and oxygen atoms in total. The Morgan fingerprint density at radius 3 is 2.34 bits per heavy atom. The van der Waals surface area contributed by atoms with Crippen LogP contribution in [0.5, 0.6) is 17.2 Å². The Bertz CT molecular complexity index is 2360. The van der Waals surface area contributed by atoms with Crippen molar-refractivity contribution >= 4 is 34.1 Å². The molecular formula is C46H60N4O11. The summed E-state index contributed by atoms with van der Waals surface area (Å²) >= 11 is 0. The van der Waals surface area contributed by atoms with E-state index in [-0.39, 0.29) is 55.7 Å². The molecule has 1 spiro atoms. The Balaban J connectivity index is 1.43. The fourth-order valence-electron chi connectivity index (χ4n) is 10.2. The first kappa shape index (κ1) is 44.2. The van der Waals surface area contributed by atoms with Gasteiger partial charge in [0.05, 0.1) is 41.2 Å². The second-order valence-electron chi connectivity index (χ2n) is 18.1. The fraction of sp³-hybridized carbons (Fsp3) is 0.587. The number of esters is 1. The predicted octanol–water partition coefficient (Wildman–Crippen LogP) is 4.64. The van der Waals surface area contributed by atoms with Gasteiger partial charge in [-0.1, -0.05) is 45.9 Å². The Hall–Kier alpha value is -4.83. The number of nitrogens with one attached hydrogen (secondary N) is 1. The number of hydrogen-bond donors (Lipinski definition) is 5. The number of aromatic hydroxyl groups is 2. The van der Waals surface area contributed by atoms with E-state index in [4.69, 9.17) is 23.9 Å². The molecule has 1 amide bonds. The van der Waals surface area contributed by atoms with Crippen LogP contribution in [0, 0.1) is 30.6 Å². The molecule has 7 rings (SSSR count). The summed E-state index contributed by atoms with van der Waals surface area (Å²) in [6.45, 7) is 12.9. The minimum Gasteiger partial charge on any atom is -0.507 e. The molecule has 6 bridgehead atoms. The van der Waals surface area contributed by atoms with Gasteiger partial charge in [0.25, 0.3) is 11.7 Å². The quantitative estimate of drug-likeness (QED) is 0.207. The van der Waals surface area contributed by atoms with E-state index in [0.29, 0.717) is 24.6 Å². The molecule has 2 aromatic carbocycles. The van der Waals surface area contributed by atoms with Gasteiger partial charge < -0.3 is 49.6 Å². The highest BCUT2D eigenvalue weighted by molar-refractivity contribution is 6.21. The van der Waals surface area contributed by atoms with Crippen molar-refractivity contribution in [3.05, 3.63) is 58.0 Å². The monoisotopic (exact) mass is 844 g/mol. The number of rotatable bonds is 2. The van der Waals surface area contributed by atoms with Crippen LogP contribution in [0.2, 0.25) is 0 Å². The van der Waals surface area contributed by atoms with Crippen molar-refractivity contribution in [2.45, 2.75) is 135 Å². The number of ether oxygens (including phenoxy) is 4. The number of carbonyl (C=O) groups is 3. The van der Waals surface area contributed by atoms with E-state index < -0.39 is 82.9 Å². The fourth-order valence-corrected chi connectivity index (χ4v) is 10.2. The number of fused-ring (bicyclic) bond motifs is 3. The van der Waals surface area contributed by atoms with Gasteiger partial charge in [-0.05, 0) is 52.7 Å². The number of Topliss-reactive ketones (excluding diaryl/α,β-unsaturated/α-hetero) is 1. The molecule has 0 saturated carbocycles. The highest BCUT2D eigenvalue weighted by atomic mass is 16.7. The highest BCUT2D eigenvalue weighted by Gasteiger charge is 2.51. The first-order valence-electron chi connectivity index (χ1n) is 21.3. The molecule has 2 fully saturated rings. The topological polar surface area (TPSA) is 209 Å². The molecule has 12 atom stereocenters. The minimum absolute atomic E-state index is 0.0617. The number of ketones is 1. The van der Waals surface area contributed by atoms with Crippen LogP contribution in [0.4, 0.5) is 5.69 Å². The van der Waals surface area contributed by atoms with Crippen LogP contribution in [0.15, 0.2) is 46.1 Å². The lowest BCUT2D eigenvalue weighted by molar-refractivity contribution is -0.160. The van der Waals surface area contributed by atoms with Crippen LogP contribution in [-0.4, -0.2) is 105 Å². The van der Waals surface area contributed by atoms with E-state index in [0.717, 1.165) is 19.3 Å². The van der Waals surface area contributed by atoms with E-state index in [1.165, 1.54) is 27.2 Å². The number of hydrogen-bond acceptors (Lipinski definition) is 14. The molecule has 0 unspecified atom stereocenters. The molecule has 5 aliphatic heterocycles. The standard InChI is InChI=1S/C46H60N4O11/c1-21-12-11-13-22(2)44(57)47-36-35-34(48-46(49-35)18-16-28-14-15-29(20-46)50(28)9)31-32(40(36)55)39(54)26(6)42-33(31)43(56)45(8,61-42)59-19-17-30(58-10)23(3)41(60-27(7)51)25(5)38(53)24(4)37(21)52/h11-13,17,19,21,23-25,28-30,37-38,41,48,52-55H,14-16,18,20H2,1-10H3/b12-11+,19-17+,22-13-,47-36?/t21-,23+,24+,25+,28+,29-,30-,37-,38+,41+,45-,46+/m0/s1. The highest BCUT2D eigenvalue weighted by Crippen LogP contribution is 2.52. The molecule has 2 aromatic rings. The lowest BCUT2D eigenvalue weighted by atomic mass is 9.78. The first-order valence-corrected chi connectivity index (χ1v) is 21.3. The van der Waals surface area contributed by atoms with Crippen molar-refractivity contribution < 1.29 is 53.8 Å². The number of anilines is 1. The summed E-state index contributed by atoms with van der Waals surface area (Å²) in [6.07, 6.45) is 8.12. The third-order valence-electron chi connectivity index (χ3n) is 14.1. The Labute approximate surface area is 355 Å². The SMILES string of the molecule is CO[C@H]1/C=C/O[C@@]2(C)Oc3c(C)c(O)c4c(O)c(c5c(c4c3C2=O)N[C@]2(CC[C@H]3CC[C@@H](C2)N3C)N=5)=NC(=O)/C(C)=C\C=C\[C@H](C)[C@H](O)[C@@H](C)[C@@H](O)[C@@H](C)[C@H](OC(C)=O)[C@@H]1C. The molecule has 5 N–H and O–H groups in total. The average Bonchev–Trinajstić information content (AvgIpc) is 3.82. The normalized spacial score (nSPS) is 37.5. The van der Waals surface area contributed by atoms with Crippen LogP contribution < -0.4 is 20.8 Å². The summed E-state index contributed by atoms with van der Waals surface area (Å²) < 4.78 is 24.1. The number of aliphatic hydroxyl groups is 2. The molecular weight excluding hydrogens is 785 g/mol. The van der Waals surface area contributed by atoms with Gasteiger partial charge in [0.1, 0.15) is 34.0 Å². The zero-order valence-corrected chi connectivity index (χ0v) is 36.7. The lowest BCUT2D eigenvalue weighted by Gasteiger charge is -2.38. The van der Waals surface area contributed by atoms with Gasteiger partial charge in [-0.2, -0.15) is 0 Å². The summed E-state index contributed by atoms with van der Waals surface area (Å²) in [4.78, 5) is 53.2. The van der Waals surface area contributed by atoms with Gasteiger partial charge in [-0.15, -0.1) is 0 Å². The van der Waals surface area contributed by atoms with E-state index in [1.54, 1.807) is 65.8 Å². The molecule has 2 saturated heterocycles. The minimum atomic E-state index is -1.95. The number of methoxy groups -OCH3 is 1. The number of amides is 1. The van der Waals surface area contributed by atoms with Gasteiger partial charge in [-0.25, -0.2) is 4.99 Å². The van der Waals surface area contributed by atoms with Gasteiger partial charge in [0, 0.05) is 79.7 Å². The zero-order valence-electron chi connectivity index (χ0n) is 36.7. The van der Waals surface area contributed by atoms with E-state index in [9.17, 15) is 34.8 Å². The van der Waals surface area contributed by atoms with Gasteiger partial charge in [0.2, 0.25) is 0 Å². The zero-order chi connectivity index (χ0) is 44.5. The summed E-state index contributed by atoms with van der Waals surface area (Å²) in [7, 11) is 3.60. The molecule has 330 valence electrons. The maximum Gasteiger partial charge on any atom is 0.312 e. The molecule has 0 aliphatic carbocycles. The maximum atomic E-state index is 14.8. The number of nitrogens with zero attached hydrogens (tertiary/aromatic N) is 3. The van der Waals surface area contributed by atoms with Gasteiger partial charge in [0.15, 0.2) is 5.75 Å². The second-order valence-corrected chi connectivity index (χ2v) is 18.1. The van der Waals surface area contributed by atoms with Crippen molar-refractivity contribution in [3.8, 4) is 17.2 Å². The van der Waals surface area contributed by atoms with E-state index >= 15 is 0 Å². The predicted molar refractivity (Wildman–Crippen MR) is 226 cm³/mol. The Morgan fingerprint density at radius 1 is 0.951 bits per heavy atom. The molecule has 5 heterocycles. The summed E-state index contributed by atoms with van der Waals surface area (Å²) in [5, 5.41) is 50.8. The third kappa shape index (κ3) is 7.61. The van der Waals surface area contributed by atoms with Crippen molar-refractivity contribution in [1.29, 1.82) is 0 Å². The molecule has 15 heteroatoms. The summed E-state index contributed by atoms with van der Waals surface area (Å²) in [6, 6.07) is 0.598.